The van der Waals surface area contributed by atoms with Gasteiger partial charge in [-0.25, -0.2) is 0 Å². The standard InChI is InChI=1S/C9H17ClO2/c1-11-5-2-3-8-7-12-6-4-9(8)10/h8-9H,2-7H2,1H3. The molecule has 1 heterocycles. The molecule has 72 valence electrons. The second-order valence-corrected chi connectivity index (χ2v) is 3.84. The minimum Gasteiger partial charge on any atom is -0.385 e. The average Bonchev–Trinajstić information content (AvgIpc) is 2.09. The molecule has 0 radical (unpaired) electrons. The van der Waals surface area contributed by atoms with Gasteiger partial charge in [-0.05, 0) is 25.2 Å². The molecule has 0 N–H and O–H groups in total. The molecule has 1 saturated heterocycles. The van der Waals surface area contributed by atoms with E-state index < -0.39 is 0 Å². The molecule has 2 unspecified atom stereocenters. The SMILES string of the molecule is COCCCC1COCCC1Cl. The van der Waals surface area contributed by atoms with E-state index in [0.717, 1.165) is 39.1 Å². The molecule has 1 fully saturated rings. The van der Waals surface area contributed by atoms with Crippen LogP contribution in [0.1, 0.15) is 19.3 Å². The van der Waals surface area contributed by atoms with Crippen molar-refractivity contribution in [2.75, 3.05) is 26.9 Å². The number of methoxy groups -OCH3 is 1. The molecule has 0 amide bonds. The molecule has 0 spiro atoms. The summed E-state index contributed by atoms with van der Waals surface area (Å²) in [7, 11) is 1.73. The fraction of sp³-hybridized carbons (Fsp3) is 1.00. The monoisotopic (exact) mass is 192 g/mol. The van der Waals surface area contributed by atoms with Gasteiger partial charge in [0.15, 0.2) is 0 Å². The van der Waals surface area contributed by atoms with Gasteiger partial charge in [-0.15, -0.1) is 11.6 Å². The molecule has 0 aliphatic carbocycles. The van der Waals surface area contributed by atoms with Crippen molar-refractivity contribution in [1.29, 1.82) is 0 Å². The van der Waals surface area contributed by atoms with Crippen LogP contribution in [0, 0.1) is 5.92 Å². The van der Waals surface area contributed by atoms with E-state index in [2.05, 4.69) is 0 Å². The van der Waals surface area contributed by atoms with Crippen molar-refractivity contribution in [2.45, 2.75) is 24.6 Å². The third-order valence-electron chi connectivity index (χ3n) is 2.30. The second-order valence-electron chi connectivity index (χ2n) is 3.27. The normalized spacial score (nSPS) is 30.5. The summed E-state index contributed by atoms with van der Waals surface area (Å²) >= 11 is 6.14. The van der Waals surface area contributed by atoms with Crippen LogP contribution in [0.5, 0.6) is 0 Å². The van der Waals surface area contributed by atoms with Gasteiger partial charge in [-0.1, -0.05) is 0 Å². The number of hydrogen-bond donors (Lipinski definition) is 0. The first-order valence-corrected chi connectivity index (χ1v) is 4.99. The summed E-state index contributed by atoms with van der Waals surface area (Å²) in [6.07, 6.45) is 3.22. The molecule has 3 heteroatoms. The van der Waals surface area contributed by atoms with Gasteiger partial charge in [0.05, 0.1) is 6.61 Å². The summed E-state index contributed by atoms with van der Waals surface area (Å²) in [4.78, 5) is 0. The van der Waals surface area contributed by atoms with Gasteiger partial charge in [-0.3, -0.25) is 0 Å². The molecule has 2 atom stereocenters. The summed E-state index contributed by atoms with van der Waals surface area (Å²) in [6.45, 7) is 2.49. The molecule has 1 aliphatic heterocycles. The summed E-state index contributed by atoms with van der Waals surface area (Å²) in [5.74, 6) is 0.538. The zero-order valence-corrected chi connectivity index (χ0v) is 8.35. The zero-order chi connectivity index (χ0) is 8.81. The Kier molecular flexibility index (Phi) is 4.96. The average molecular weight is 193 g/mol. The third-order valence-corrected chi connectivity index (χ3v) is 2.88. The highest BCUT2D eigenvalue weighted by Crippen LogP contribution is 2.24. The zero-order valence-electron chi connectivity index (χ0n) is 7.59. The first kappa shape index (κ1) is 10.3. The van der Waals surface area contributed by atoms with Gasteiger partial charge in [0.1, 0.15) is 0 Å². The van der Waals surface area contributed by atoms with Crippen molar-refractivity contribution >= 4 is 11.6 Å². The topological polar surface area (TPSA) is 18.5 Å². The molecule has 0 aromatic rings. The number of hydrogen-bond acceptors (Lipinski definition) is 2. The fourth-order valence-corrected chi connectivity index (χ4v) is 1.81. The van der Waals surface area contributed by atoms with Crippen LogP contribution >= 0.6 is 11.6 Å². The van der Waals surface area contributed by atoms with E-state index in [1.807, 2.05) is 0 Å². The molecule has 1 rings (SSSR count). The van der Waals surface area contributed by atoms with E-state index in [-0.39, 0.29) is 0 Å². The maximum atomic E-state index is 6.14. The van der Waals surface area contributed by atoms with Crippen LogP contribution in [0.25, 0.3) is 0 Å². The summed E-state index contributed by atoms with van der Waals surface area (Å²) < 4.78 is 10.3. The molecular formula is C9H17ClO2. The van der Waals surface area contributed by atoms with Crippen molar-refractivity contribution in [3.8, 4) is 0 Å². The predicted octanol–water partition coefficient (Wildman–Crippen LogP) is 2.06. The Labute approximate surface area is 79.2 Å². The Morgan fingerprint density at radius 1 is 1.58 bits per heavy atom. The van der Waals surface area contributed by atoms with Crippen molar-refractivity contribution in [1.82, 2.24) is 0 Å². The maximum absolute atomic E-state index is 6.14. The Morgan fingerprint density at radius 3 is 3.08 bits per heavy atom. The van der Waals surface area contributed by atoms with E-state index >= 15 is 0 Å². The van der Waals surface area contributed by atoms with Gasteiger partial charge in [0, 0.05) is 25.7 Å². The van der Waals surface area contributed by atoms with Crippen LogP contribution in [0.3, 0.4) is 0 Å². The van der Waals surface area contributed by atoms with E-state index in [4.69, 9.17) is 21.1 Å². The lowest BCUT2D eigenvalue weighted by molar-refractivity contribution is 0.0505. The fourth-order valence-electron chi connectivity index (χ4n) is 1.52. The Bertz CT molecular complexity index is 119. The highest BCUT2D eigenvalue weighted by Gasteiger charge is 2.22. The molecule has 0 aromatic carbocycles. The molecule has 2 nitrogen and oxygen atoms in total. The molecular weight excluding hydrogens is 176 g/mol. The summed E-state index contributed by atoms with van der Waals surface area (Å²) in [5.41, 5.74) is 0. The van der Waals surface area contributed by atoms with Crippen molar-refractivity contribution < 1.29 is 9.47 Å². The van der Waals surface area contributed by atoms with Crippen LogP contribution in [0.15, 0.2) is 0 Å². The summed E-state index contributed by atoms with van der Waals surface area (Å²) in [6, 6.07) is 0. The number of halogens is 1. The quantitative estimate of drug-likeness (QED) is 0.502. The lowest BCUT2D eigenvalue weighted by Gasteiger charge is -2.26. The second kappa shape index (κ2) is 5.79. The van der Waals surface area contributed by atoms with E-state index in [9.17, 15) is 0 Å². The minimum absolute atomic E-state index is 0.315. The highest BCUT2D eigenvalue weighted by atomic mass is 35.5. The van der Waals surface area contributed by atoms with E-state index in [1.165, 1.54) is 0 Å². The van der Waals surface area contributed by atoms with Crippen LogP contribution in [-0.4, -0.2) is 32.3 Å². The third kappa shape index (κ3) is 3.30. The Hall–Kier alpha value is 0.210. The highest BCUT2D eigenvalue weighted by molar-refractivity contribution is 6.20. The van der Waals surface area contributed by atoms with Gasteiger partial charge in [0.2, 0.25) is 0 Å². The minimum atomic E-state index is 0.315. The first-order chi connectivity index (χ1) is 5.84. The van der Waals surface area contributed by atoms with Crippen molar-refractivity contribution in [3.63, 3.8) is 0 Å². The molecule has 1 aliphatic rings. The number of ether oxygens (including phenoxy) is 2. The maximum Gasteiger partial charge on any atom is 0.0508 e. The van der Waals surface area contributed by atoms with Gasteiger partial charge in [0.25, 0.3) is 0 Å². The molecule has 12 heavy (non-hydrogen) atoms. The van der Waals surface area contributed by atoms with Crippen molar-refractivity contribution in [2.24, 2.45) is 5.92 Å². The van der Waals surface area contributed by atoms with Gasteiger partial charge < -0.3 is 9.47 Å². The molecule has 0 bridgehead atoms. The predicted molar refractivity (Wildman–Crippen MR) is 49.7 cm³/mol. The number of rotatable bonds is 4. The Balaban J connectivity index is 2.11. The van der Waals surface area contributed by atoms with Gasteiger partial charge in [-0.2, -0.15) is 0 Å². The van der Waals surface area contributed by atoms with Crippen LogP contribution < -0.4 is 0 Å². The van der Waals surface area contributed by atoms with E-state index in [1.54, 1.807) is 7.11 Å². The first-order valence-electron chi connectivity index (χ1n) is 4.55. The largest absolute Gasteiger partial charge is 0.385 e. The Morgan fingerprint density at radius 2 is 2.42 bits per heavy atom. The van der Waals surface area contributed by atoms with E-state index in [0.29, 0.717) is 11.3 Å². The van der Waals surface area contributed by atoms with Crippen molar-refractivity contribution in [3.05, 3.63) is 0 Å². The smallest absolute Gasteiger partial charge is 0.0508 e. The molecule has 0 saturated carbocycles. The lowest BCUT2D eigenvalue weighted by Crippen LogP contribution is -2.28. The molecule has 0 aromatic heterocycles. The van der Waals surface area contributed by atoms with Crippen LogP contribution in [-0.2, 0) is 9.47 Å². The number of alkyl halides is 1. The van der Waals surface area contributed by atoms with Crippen LogP contribution in [0.4, 0.5) is 0 Å². The summed E-state index contributed by atoms with van der Waals surface area (Å²) in [5, 5.41) is 0.315. The van der Waals surface area contributed by atoms with Gasteiger partial charge >= 0.3 is 0 Å². The lowest BCUT2D eigenvalue weighted by atomic mass is 9.96. The van der Waals surface area contributed by atoms with Crippen LogP contribution in [0.2, 0.25) is 0 Å².